The van der Waals surface area contributed by atoms with Gasteiger partial charge in [-0.3, -0.25) is 0 Å². The zero-order chi connectivity index (χ0) is 17.5. The number of ether oxygens (including phenoxy) is 1. The monoisotopic (exact) mass is 332 g/mol. The van der Waals surface area contributed by atoms with E-state index in [-0.39, 0.29) is 18.0 Å². The first-order valence-electron chi connectivity index (χ1n) is 8.51. The Labute approximate surface area is 142 Å². The molecule has 1 N–H and O–H groups in total. The number of benzene rings is 1. The lowest BCUT2D eigenvalue weighted by Crippen LogP contribution is -2.46. The van der Waals surface area contributed by atoms with Crippen LogP contribution in [0.5, 0.6) is 0 Å². The Balaban J connectivity index is 1.74. The van der Waals surface area contributed by atoms with Gasteiger partial charge < -0.3 is 14.6 Å². The molecule has 1 fully saturated rings. The molecule has 2 aromatic rings. The molecule has 5 heteroatoms. The van der Waals surface area contributed by atoms with E-state index in [9.17, 15) is 9.18 Å². The maximum absolute atomic E-state index is 13.3. The summed E-state index contributed by atoms with van der Waals surface area (Å²) < 4.78 is 18.8. The maximum atomic E-state index is 13.3. The molecule has 0 unspecified atom stereocenters. The summed E-state index contributed by atoms with van der Waals surface area (Å²) in [4.78, 5) is 17.3. The van der Waals surface area contributed by atoms with E-state index < -0.39 is 5.60 Å². The SMILES string of the molecule is C[C@@H]1C[C@@H](c2c[nH]c3cc(F)ccc23)CCN1C(=O)OC(C)(C)C. The number of H-pyrrole nitrogens is 1. The van der Waals surface area contributed by atoms with Gasteiger partial charge in [-0.2, -0.15) is 0 Å². The van der Waals surface area contributed by atoms with E-state index >= 15 is 0 Å². The number of nitrogens with one attached hydrogen (secondary N) is 1. The van der Waals surface area contributed by atoms with Crippen LogP contribution in [-0.4, -0.2) is 34.2 Å². The minimum atomic E-state index is -0.478. The van der Waals surface area contributed by atoms with Crippen molar-refractivity contribution in [3.63, 3.8) is 0 Å². The van der Waals surface area contributed by atoms with Gasteiger partial charge in [-0.15, -0.1) is 0 Å². The van der Waals surface area contributed by atoms with Crippen molar-refractivity contribution in [3.8, 4) is 0 Å². The number of halogens is 1. The average Bonchev–Trinajstić information content (AvgIpc) is 2.87. The van der Waals surface area contributed by atoms with E-state index in [1.54, 1.807) is 0 Å². The summed E-state index contributed by atoms with van der Waals surface area (Å²) in [5.74, 6) is 0.127. The maximum Gasteiger partial charge on any atom is 0.410 e. The fraction of sp³-hybridized carbons (Fsp3) is 0.526. The first kappa shape index (κ1) is 16.8. The number of carbonyl (C=O) groups is 1. The molecule has 0 saturated carbocycles. The first-order valence-corrected chi connectivity index (χ1v) is 8.51. The second-order valence-electron chi connectivity index (χ2n) is 7.68. The largest absolute Gasteiger partial charge is 0.444 e. The second kappa shape index (κ2) is 6.11. The highest BCUT2D eigenvalue weighted by atomic mass is 19.1. The molecule has 0 spiro atoms. The number of amides is 1. The first-order chi connectivity index (χ1) is 11.2. The minimum absolute atomic E-state index is 0.115. The Morgan fingerprint density at radius 3 is 2.79 bits per heavy atom. The zero-order valence-electron chi connectivity index (χ0n) is 14.7. The van der Waals surface area contributed by atoms with Crippen molar-refractivity contribution in [2.45, 2.75) is 58.1 Å². The van der Waals surface area contributed by atoms with Gasteiger partial charge in [-0.1, -0.05) is 0 Å². The fourth-order valence-corrected chi connectivity index (χ4v) is 3.51. The number of rotatable bonds is 1. The molecule has 2 heterocycles. The number of nitrogens with zero attached hydrogens (tertiary/aromatic N) is 1. The smallest absolute Gasteiger partial charge is 0.410 e. The third-order valence-electron chi connectivity index (χ3n) is 4.62. The molecule has 0 radical (unpaired) electrons. The van der Waals surface area contributed by atoms with Crippen molar-refractivity contribution in [2.75, 3.05) is 6.54 Å². The van der Waals surface area contributed by atoms with Gasteiger partial charge in [0.25, 0.3) is 0 Å². The van der Waals surface area contributed by atoms with E-state index in [0.29, 0.717) is 12.5 Å². The molecule has 4 nitrogen and oxygen atoms in total. The van der Waals surface area contributed by atoms with Gasteiger partial charge in [-0.05, 0) is 70.2 Å². The predicted octanol–water partition coefficient (Wildman–Crippen LogP) is 4.81. The van der Waals surface area contributed by atoms with Crippen molar-refractivity contribution < 1.29 is 13.9 Å². The van der Waals surface area contributed by atoms with Gasteiger partial charge >= 0.3 is 6.09 Å². The number of piperidine rings is 1. The molecule has 1 amide bonds. The van der Waals surface area contributed by atoms with Crippen molar-refractivity contribution in [1.29, 1.82) is 0 Å². The Hall–Kier alpha value is -2.04. The van der Waals surface area contributed by atoms with Gasteiger partial charge in [0.2, 0.25) is 0 Å². The van der Waals surface area contributed by atoms with Gasteiger partial charge in [0.1, 0.15) is 11.4 Å². The highest BCUT2D eigenvalue weighted by Crippen LogP contribution is 2.36. The highest BCUT2D eigenvalue weighted by molar-refractivity contribution is 5.83. The lowest BCUT2D eigenvalue weighted by Gasteiger charge is -2.38. The van der Waals surface area contributed by atoms with E-state index in [1.807, 2.05) is 37.9 Å². The van der Waals surface area contributed by atoms with Crippen molar-refractivity contribution in [1.82, 2.24) is 9.88 Å². The molecule has 0 bridgehead atoms. The molecule has 24 heavy (non-hydrogen) atoms. The zero-order valence-corrected chi connectivity index (χ0v) is 14.7. The number of carbonyl (C=O) groups excluding carboxylic acids is 1. The molecule has 0 aliphatic carbocycles. The summed E-state index contributed by atoms with van der Waals surface area (Å²) in [5.41, 5.74) is 1.56. The Bertz CT molecular complexity index is 747. The molecule has 1 aliphatic heterocycles. The van der Waals surface area contributed by atoms with Crippen LogP contribution in [0.2, 0.25) is 0 Å². The number of aromatic amines is 1. The van der Waals surface area contributed by atoms with E-state index in [4.69, 9.17) is 4.74 Å². The van der Waals surface area contributed by atoms with E-state index in [0.717, 1.165) is 23.7 Å². The lowest BCUT2D eigenvalue weighted by molar-refractivity contribution is 0.0104. The van der Waals surface area contributed by atoms with Gasteiger partial charge in [0.15, 0.2) is 0 Å². The van der Waals surface area contributed by atoms with Crippen LogP contribution in [-0.2, 0) is 4.74 Å². The average molecular weight is 332 g/mol. The highest BCUT2D eigenvalue weighted by Gasteiger charge is 2.33. The normalized spacial score (nSPS) is 22.0. The summed E-state index contributed by atoms with van der Waals surface area (Å²) in [6, 6.07) is 4.97. The van der Waals surface area contributed by atoms with Crippen LogP contribution in [0.1, 0.15) is 52.0 Å². The molecular weight excluding hydrogens is 307 g/mol. The van der Waals surface area contributed by atoms with Crippen molar-refractivity contribution >= 4 is 17.0 Å². The summed E-state index contributed by atoms with van der Waals surface area (Å²) in [5, 5.41) is 1.07. The van der Waals surface area contributed by atoms with Crippen LogP contribution in [0.15, 0.2) is 24.4 Å². The van der Waals surface area contributed by atoms with Crippen LogP contribution in [0, 0.1) is 5.82 Å². The van der Waals surface area contributed by atoms with Gasteiger partial charge in [0.05, 0.1) is 0 Å². The van der Waals surface area contributed by atoms with Crippen LogP contribution in [0.25, 0.3) is 10.9 Å². The number of likely N-dealkylation sites (tertiary alicyclic amines) is 1. The standard InChI is InChI=1S/C19H25FN2O2/c1-12-9-13(7-8-22(12)18(23)24-19(2,3)4)16-11-21-17-10-14(20)5-6-15(16)17/h5-6,10-13,21H,7-9H2,1-4H3/t12-,13+/m1/s1. The molecule has 2 atom stereocenters. The van der Waals surface area contributed by atoms with Crippen LogP contribution < -0.4 is 0 Å². The molecule has 130 valence electrons. The Morgan fingerprint density at radius 1 is 1.38 bits per heavy atom. The van der Waals surface area contributed by atoms with Crippen molar-refractivity contribution in [2.24, 2.45) is 0 Å². The van der Waals surface area contributed by atoms with E-state index in [2.05, 4.69) is 11.9 Å². The van der Waals surface area contributed by atoms with Crippen LogP contribution >= 0.6 is 0 Å². The van der Waals surface area contributed by atoms with Crippen molar-refractivity contribution in [3.05, 3.63) is 35.8 Å². The van der Waals surface area contributed by atoms with E-state index in [1.165, 1.54) is 17.7 Å². The number of hydrogen-bond acceptors (Lipinski definition) is 2. The quantitative estimate of drug-likeness (QED) is 0.814. The summed E-state index contributed by atoms with van der Waals surface area (Å²) in [6.45, 7) is 8.38. The molecule has 1 aromatic carbocycles. The summed E-state index contributed by atoms with van der Waals surface area (Å²) in [6.07, 6.45) is 3.50. The number of aromatic nitrogens is 1. The number of hydrogen-bond donors (Lipinski definition) is 1. The second-order valence-corrected chi connectivity index (χ2v) is 7.68. The number of fused-ring (bicyclic) bond motifs is 1. The van der Waals surface area contributed by atoms with Crippen LogP contribution in [0.4, 0.5) is 9.18 Å². The Morgan fingerprint density at radius 2 is 2.12 bits per heavy atom. The van der Waals surface area contributed by atoms with Crippen LogP contribution in [0.3, 0.4) is 0 Å². The molecule has 1 aliphatic rings. The lowest BCUT2D eigenvalue weighted by atomic mass is 9.86. The molecule has 3 rings (SSSR count). The summed E-state index contributed by atoms with van der Waals surface area (Å²) >= 11 is 0. The van der Waals surface area contributed by atoms with Gasteiger partial charge in [-0.25, -0.2) is 9.18 Å². The van der Waals surface area contributed by atoms with Gasteiger partial charge in [0, 0.05) is 29.7 Å². The molecule has 1 aromatic heterocycles. The Kier molecular flexibility index (Phi) is 4.28. The third kappa shape index (κ3) is 3.40. The molecular formula is C19H25FN2O2. The minimum Gasteiger partial charge on any atom is -0.444 e. The fourth-order valence-electron chi connectivity index (χ4n) is 3.51. The molecule has 1 saturated heterocycles. The topological polar surface area (TPSA) is 45.3 Å². The predicted molar refractivity (Wildman–Crippen MR) is 92.6 cm³/mol. The summed E-state index contributed by atoms with van der Waals surface area (Å²) in [7, 11) is 0. The third-order valence-corrected chi connectivity index (χ3v) is 4.62.